The van der Waals surface area contributed by atoms with Crippen molar-refractivity contribution in [3.63, 3.8) is 0 Å². The zero-order chi connectivity index (χ0) is 11.7. The number of carboxylic acids is 1. The maximum absolute atomic E-state index is 10.5. The first kappa shape index (κ1) is 11.0. The van der Waals surface area contributed by atoms with Crippen molar-refractivity contribution in [1.82, 2.24) is 0 Å². The molecule has 0 fully saturated rings. The van der Waals surface area contributed by atoms with Crippen LogP contribution in [0.4, 0.5) is 0 Å². The van der Waals surface area contributed by atoms with Crippen LogP contribution in [0.2, 0.25) is 0 Å². The lowest BCUT2D eigenvalue weighted by atomic mass is 10.0. The molecule has 2 rings (SSSR count). The van der Waals surface area contributed by atoms with Gasteiger partial charge in [0.1, 0.15) is 11.9 Å². The van der Waals surface area contributed by atoms with Gasteiger partial charge in [0.15, 0.2) is 0 Å². The van der Waals surface area contributed by atoms with E-state index in [1.165, 1.54) is 0 Å². The summed E-state index contributed by atoms with van der Waals surface area (Å²) in [5.41, 5.74) is 1.67. The second-order valence-corrected chi connectivity index (χ2v) is 4.11. The van der Waals surface area contributed by atoms with Gasteiger partial charge in [0.2, 0.25) is 0 Å². The Morgan fingerprint density at radius 3 is 3.06 bits per heavy atom. The third-order valence-electron chi connectivity index (χ3n) is 2.67. The number of ether oxygens (including phenoxy) is 1. The lowest BCUT2D eigenvalue weighted by Gasteiger charge is -2.09. The van der Waals surface area contributed by atoms with Gasteiger partial charge in [-0.25, -0.2) is 0 Å². The molecule has 1 aliphatic rings. The summed E-state index contributed by atoms with van der Waals surface area (Å²) in [6.45, 7) is 1.98. The summed E-state index contributed by atoms with van der Waals surface area (Å²) in [7, 11) is 0. The monoisotopic (exact) mass is 222 g/mol. The van der Waals surface area contributed by atoms with Crippen LogP contribution in [-0.4, -0.2) is 22.3 Å². The average molecular weight is 222 g/mol. The van der Waals surface area contributed by atoms with E-state index in [2.05, 4.69) is 0 Å². The molecule has 1 unspecified atom stereocenters. The number of fused-ring (bicyclic) bond motifs is 1. The van der Waals surface area contributed by atoms with Crippen LogP contribution in [0.1, 0.15) is 30.6 Å². The van der Waals surface area contributed by atoms with Gasteiger partial charge in [-0.05, 0) is 30.2 Å². The van der Waals surface area contributed by atoms with Gasteiger partial charge in [-0.3, -0.25) is 4.79 Å². The average Bonchev–Trinajstić information content (AvgIpc) is 2.55. The number of carboxylic acid groups (broad SMARTS) is 1. The van der Waals surface area contributed by atoms with Gasteiger partial charge in [0, 0.05) is 6.42 Å². The number of aliphatic carboxylic acids is 1. The number of hydrogen-bond donors (Lipinski definition) is 2. The third-order valence-corrected chi connectivity index (χ3v) is 2.67. The second-order valence-electron chi connectivity index (χ2n) is 4.11. The Bertz CT molecular complexity index is 413. The van der Waals surface area contributed by atoms with Crippen molar-refractivity contribution in [2.45, 2.75) is 32.0 Å². The smallest absolute Gasteiger partial charge is 0.306 e. The topological polar surface area (TPSA) is 66.8 Å². The predicted molar refractivity (Wildman–Crippen MR) is 57.4 cm³/mol. The lowest BCUT2D eigenvalue weighted by Crippen LogP contribution is -2.05. The van der Waals surface area contributed by atoms with Crippen LogP contribution in [0.25, 0.3) is 0 Å². The Labute approximate surface area is 93.5 Å². The standard InChI is InChI=1S/C12H14O4/c1-7-4-9-5-8(2-3-11(9)16-7)10(13)6-12(14)15/h2-3,5,7,10,13H,4,6H2,1H3,(H,14,15)/t7?,10-/m0/s1. The van der Waals surface area contributed by atoms with Crippen molar-refractivity contribution < 1.29 is 19.7 Å². The van der Waals surface area contributed by atoms with E-state index in [9.17, 15) is 9.90 Å². The van der Waals surface area contributed by atoms with E-state index in [-0.39, 0.29) is 12.5 Å². The summed E-state index contributed by atoms with van der Waals surface area (Å²) in [4.78, 5) is 10.5. The van der Waals surface area contributed by atoms with Crippen molar-refractivity contribution in [2.75, 3.05) is 0 Å². The molecule has 4 nitrogen and oxygen atoms in total. The number of hydrogen-bond acceptors (Lipinski definition) is 3. The van der Waals surface area contributed by atoms with Crippen LogP contribution in [0, 0.1) is 0 Å². The highest BCUT2D eigenvalue weighted by Crippen LogP contribution is 2.31. The van der Waals surface area contributed by atoms with E-state index in [1.54, 1.807) is 12.1 Å². The van der Waals surface area contributed by atoms with Crippen LogP contribution in [0.3, 0.4) is 0 Å². The molecule has 1 aromatic carbocycles. The fraction of sp³-hybridized carbons (Fsp3) is 0.417. The van der Waals surface area contributed by atoms with Crippen molar-refractivity contribution >= 4 is 5.97 Å². The Balaban J connectivity index is 2.19. The molecule has 16 heavy (non-hydrogen) atoms. The molecule has 0 amide bonds. The molecule has 0 aliphatic carbocycles. The van der Waals surface area contributed by atoms with Crippen LogP contribution in [-0.2, 0) is 11.2 Å². The van der Waals surface area contributed by atoms with Crippen LogP contribution >= 0.6 is 0 Å². The fourth-order valence-corrected chi connectivity index (χ4v) is 1.93. The Kier molecular flexibility index (Phi) is 2.83. The molecule has 0 saturated heterocycles. The molecule has 1 aliphatic heterocycles. The van der Waals surface area contributed by atoms with Crippen molar-refractivity contribution in [3.8, 4) is 5.75 Å². The van der Waals surface area contributed by atoms with Crippen LogP contribution in [0.5, 0.6) is 5.75 Å². The number of rotatable bonds is 3. The summed E-state index contributed by atoms with van der Waals surface area (Å²) < 4.78 is 5.52. The third kappa shape index (κ3) is 2.17. The summed E-state index contributed by atoms with van der Waals surface area (Å²) in [6, 6.07) is 5.33. The van der Waals surface area contributed by atoms with E-state index in [4.69, 9.17) is 9.84 Å². The maximum atomic E-state index is 10.5. The molecule has 0 saturated carbocycles. The largest absolute Gasteiger partial charge is 0.490 e. The molecule has 0 aromatic heterocycles. The summed E-state index contributed by atoms with van der Waals surface area (Å²) >= 11 is 0. The second kappa shape index (κ2) is 4.14. The molecule has 2 N–H and O–H groups in total. The molecule has 4 heteroatoms. The number of carbonyl (C=O) groups is 1. The van der Waals surface area contributed by atoms with E-state index < -0.39 is 12.1 Å². The molecule has 86 valence electrons. The summed E-state index contributed by atoms with van der Waals surface area (Å²) in [5, 5.41) is 18.3. The quantitative estimate of drug-likeness (QED) is 0.813. The van der Waals surface area contributed by atoms with E-state index in [1.807, 2.05) is 13.0 Å². The molecule has 1 aromatic rings. The zero-order valence-corrected chi connectivity index (χ0v) is 9.01. The Morgan fingerprint density at radius 1 is 1.62 bits per heavy atom. The normalized spacial score (nSPS) is 20.0. The number of aliphatic hydroxyl groups is 1. The van der Waals surface area contributed by atoms with Crippen LogP contribution < -0.4 is 4.74 Å². The minimum absolute atomic E-state index is 0.155. The van der Waals surface area contributed by atoms with Crippen LogP contribution in [0.15, 0.2) is 18.2 Å². The van der Waals surface area contributed by atoms with E-state index in [0.717, 1.165) is 17.7 Å². The first-order valence-corrected chi connectivity index (χ1v) is 5.25. The van der Waals surface area contributed by atoms with Gasteiger partial charge in [-0.2, -0.15) is 0 Å². The highest BCUT2D eigenvalue weighted by Gasteiger charge is 2.21. The number of aliphatic hydroxyl groups excluding tert-OH is 1. The molecular formula is C12H14O4. The molecule has 2 atom stereocenters. The van der Waals surface area contributed by atoms with Gasteiger partial charge < -0.3 is 14.9 Å². The molecular weight excluding hydrogens is 208 g/mol. The van der Waals surface area contributed by atoms with E-state index >= 15 is 0 Å². The summed E-state index contributed by atoms with van der Waals surface area (Å²) in [5.74, 6) is -0.170. The van der Waals surface area contributed by atoms with Crippen molar-refractivity contribution in [2.24, 2.45) is 0 Å². The minimum atomic E-state index is -1.00. The first-order valence-electron chi connectivity index (χ1n) is 5.25. The van der Waals surface area contributed by atoms with E-state index in [0.29, 0.717) is 5.56 Å². The Hall–Kier alpha value is -1.55. The minimum Gasteiger partial charge on any atom is -0.490 e. The SMILES string of the molecule is CC1Cc2cc([C@@H](O)CC(=O)O)ccc2O1. The van der Waals surface area contributed by atoms with Crippen molar-refractivity contribution in [3.05, 3.63) is 29.3 Å². The molecule has 0 spiro atoms. The number of benzene rings is 1. The molecule has 0 radical (unpaired) electrons. The maximum Gasteiger partial charge on any atom is 0.306 e. The van der Waals surface area contributed by atoms with Gasteiger partial charge >= 0.3 is 5.97 Å². The highest BCUT2D eigenvalue weighted by molar-refractivity contribution is 5.67. The van der Waals surface area contributed by atoms with Gasteiger partial charge in [-0.15, -0.1) is 0 Å². The molecule has 1 heterocycles. The van der Waals surface area contributed by atoms with Crippen molar-refractivity contribution in [1.29, 1.82) is 0 Å². The zero-order valence-electron chi connectivity index (χ0n) is 9.01. The fourth-order valence-electron chi connectivity index (χ4n) is 1.93. The Morgan fingerprint density at radius 2 is 2.38 bits per heavy atom. The van der Waals surface area contributed by atoms with Gasteiger partial charge in [0.25, 0.3) is 0 Å². The lowest BCUT2D eigenvalue weighted by molar-refractivity contribution is -0.139. The molecule has 0 bridgehead atoms. The predicted octanol–water partition coefficient (Wildman–Crippen LogP) is 1.52. The first-order chi connectivity index (χ1) is 7.56. The van der Waals surface area contributed by atoms with Gasteiger partial charge in [-0.1, -0.05) is 6.07 Å². The van der Waals surface area contributed by atoms with Gasteiger partial charge in [0.05, 0.1) is 12.5 Å². The highest BCUT2D eigenvalue weighted by atomic mass is 16.5. The summed E-state index contributed by atoms with van der Waals surface area (Å²) in [6.07, 6.45) is -0.251.